The number of hydroxylamine groups is 1. The van der Waals surface area contributed by atoms with Crippen LogP contribution in [-0.4, -0.2) is 8.76 Å². The molecule has 0 radical (unpaired) electrons. The van der Waals surface area contributed by atoms with Crippen LogP contribution < -0.4 is 5.48 Å². The lowest BCUT2D eigenvalue weighted by atomic mass is 11.5. The molecule has 0 heterocycles. The zero-order valence-corrected chi connectivity index (χ0v) is 3.94. The molecule has 0 bridgehead atoms. The molecule has 7 heavy (non-hydrogen) atoms. The van der Waals surface area contributed by atoms with Crippen molar-refractivity contribution in [3.63, 3.8) is 0 Å². The van der Waals surface area contributed by atoms with Crippen molar-refractivity contribution in [2.45, 2.75) is 0 Å². The first-order valence-electron chi connectivity index (χ1n) is 1.19. The van der Waals surface area contributed by atoms with Gasteiger partial charge in [0.15, 0.2) is 0 Å². The summed E-state index contributed by atoms with van der Waals surface area (Å²) in [7, 11) is 0. The van der Waals surface area contributed by atoms with E-state index in [1.807, 2.05) is 0 Å². The van der Waals surface area contributed by atoms with Crippen LogP contribution in [0.5, 0.6) is 0 Å². The van der Waals surface area contributed by atoms with E-state index in [0.29, 0.717) is 0 Å². The molecule has 40 valence electrons. The first kappa shape index (κ1) is 6.36. The van der Waals surface area contributed by atoms with Gasteiger partial charge in [0.05, 0.1) is 0 Å². The van der Waals surface area contributed by atoms with E-state index < -0.39 is 11.4 Å². The largest absolute Gasteiger partial charge is 0.325 e. The standard InChI is InChI=1S/CH2N2O3S/c2-1-3-6-7(4)5/h3H,(H,4,5). The Balaban J connectivity index is 3.02. The predicted octanol–water partition coefficient (Wildman–Crippen LogP) is -0.875. The van der Waals surface area contributed by atoms with Crippen molar-refractivity contribution in [2.75, 3.05) is 0 Å². The third-order valence-corrected chi connectivity index (χ3v) is 0.385. The Hall–Kier alpha value is -0.640. The van der Waals surface area contributed by atoms with Crippen molar-refractivity contribution in [2.24, 2.45) is 0 Å². The van der Waals surface area contributed by atoms with Gasteiger partial charge in [-0.05, 0) is 0 Å². The summed E-state index contributed by atoms with van der Waals surface area (Å²) < 4.78 is 20.8. The van der Waals surface area contributed by atoms with Gasteiger partial charge in [0.1, 0.15) is 0 Å². The topological polar surface area (TPSA) is 82.3 Å². The molecular formula is CH2N2O3S. The first-order valence-corrected chi connectivity index (χ1v) is 2.23. The second-order valence-electron chi connectivity index (χ2n) is 0.514. The Bertz CT molecular complexity index is 106. The maximum Gasteiger partial charge on any atom is 0.325 e. The minimum Gasteiger partial charge on any atom is -0.282 e. The van der Waals surface area contributed by atoms with Crippen LogP contribution in [-0.2, 0) is 15.6 Å². The van der Waals surface area contributed by atoms with Crippen LogP contribution in [0.4, 0.5) is 0 Å². The number of nitrogens with zero attached hydrogens (tertiary/aromatic N) is 1. The van der Waals surface area contributed by atoms with E-state index in [2.05, 4.69) is 4.28 Å². The van der Waals surface area contributed by atoms with Crippen LogP contribution in [0, 0.1) is 11.5 Å². The minimum atomic E-state index is -2.40. The Labute approximate surface area is 42.3 Å². The van der Waals surface area contributed by atoms with Crippen LogP contribution in [0.2, 0.25) is 0 Å². The molecule has 0 amide bonds. The number of rotatable bonds is 2. The number of hydrogen-bond donors (Lipinski definition) is 2. The molecule has 1 unspecified atom stereocenters. The SMILES string of the molecule is N#CNOS(=O)O. The summed E-state index contributed by atoms with van der Waals surface area (Å²) >= 11 is -2.40. The summed E-state index contributed by atoms with van der Waals surface area (Å²) in [6.45, 7) is 0. The van der Waals surface area contributed by atoms with Gasteiger partial charge in [-0.2, -0.15) is 15.0 Å². The Morgan fingerprint density at radius 1 is 2.00 bits per heavy atom. The maximum atomic E-state index is 9.43. The van der Waals surface area contributed by atoms with E-state index in [0.717, 1.165) is 0 Å². The molecule has 1 atom stereocenters. The molecule has 2 N–H and O–H groups in total. The van der Waals surface area contributed by atoms with Crippen LogP contribution in [0.15, 0.2) is 0 Å². The monoisotopic (exact) mass is 122 g/mol. The van der Waals surface area contributed by atoms with Crippen molar-refractivity contribution in [1.82, 2.24) is 5.48 Å². The average Bonchev–Trinajstić information content (AvgIpc) is 1.61. The van der Waals surface area contributed by atoms with Gasteiger partial charge in [-0.3, -0.25) is 4.55 Å². The minimum absolute atomic E-state index is 1.27. The fourth-order valence-corrected chi connectivity index (χ4v) is 0.163. The summed E-state index contributed by atoms with van der Waals surface area (Å²) in [5.74, 6) is 0. The van der Waals surface area contributed by atoms with Crippen molar-refractivity contribution in [1.29, 1.82) is 5.26 Å². The van der Waals surface area contributed by atoms with Gasteiger partial charge in [0.25, 0.3) is 0 Å². The summed E-state index contributed by atoms with van der Waals surface area (Å²) in [6.07, 6.45) is 1.27. The molecule has 6 heteroatoms. The molecule has 0 spiro atoms. The van der Waals surface area contributed by atoms with Gasteiger partial charge in [-0.25, -0.2) is 0 Å². The lowest BCUT2D eigenvalue weighted by Crippen LogP contribution is -2.07. The van der Waals surface area contributed by atoms with Crippen molar-refractivity contribution in [3.05, 3.63) is 0 Å². The molecule has 5 nitrogen and oxygen atoms in total. The molecule has 0 rings (SSSR count). The molecular weight excluding hydrogens is 120 g/mol. The highest BCUT2D eigenvalue weighted by Crippen LogP contribution is 1.66. The van der Waals surface area contributed by atoms with E-state index in [9.17, 15) is 4.21 Å². The Kier molecular flexibility index (Phi) is 3.22. The van der Waals surface area contributed by atoms with Crippen molar-refractivity contribution >= 4 is 11.4 Å². The first-order chi connectivity index (χ1) is 3.27. The normalized spacial score (nSPS) is 12.0. The highest BCUT2D eigenvalue weighted by atomic mass is 32.2. The third kappa shape index (κ3) is 5.36. The van der Waals surface area contributed by atoms with Crippen LogP contribution in [0.3, 0.4) is 0 Å². The van der Waals surface area contributed by atoms with Crippen LogP contribution in [0.25, 0.3) is 0 Å². The maximum absolute atomic E-state index is 9.43. The van der Waals surface area contributed by atoms with Gasteiger partial charge in [0, 0.05) is 0 Å². The summed E-state index contributed by atoms with van der Waals surface area (Å²) in [6, 6.07) is 0. The zero-order chi connectivity index (χ0) is 5.70. The van der Waals surface area contributed by atoms with E-state index in [4.69, 9.17) is 9.81 Å². The third-order valence-electron chi connectivity index (χ3n) is 0.159. The predicted molar refractivity (Wildman–Crippen MR) is 20.6 cm³/mol. The van der Waals surface area contributed by atoms with E-state index >= 15 is 0 Å². The highest BCUT2D eigenvalue weighted by Gasteiger charge is 1.85. The van der Waals surface area contributed by atoms with Crippen LogP contribution in [0.1, 0.15) is 0 Å². The summed E-state index contributed by atoms with van der Waals surface area (Å²) in [4.78, 5) is 0. The second-order valence-corrected chi connectivity index (χ2v) is 1.12. The number of nitrogens with one attached hydrogen (secondary N) is 1. The molecule has 0 aromatic heterocycles. The summed E-state index contributed by atoms with van der Waals surface area (Å²) in [5.41, 5.74) is 1.50. The fraction of sp³-hybridized carbons (Fsp3) is 0. The molecule has 0 fully saturated rings. The Morgan fingerprint density at radius 3 is 2.71 bits per heavy atom. The molecule has 0 aromatic carbocycles. The zero-order valence-electron chi connectivity index (χ0n) is 3.12. The second kappa shape index (κ2) is 3.55. The fourth-order valence-electron chi connectivity index (χ4n) is 0.0543. The van der Waals surface area contributed by atoms with E-state index in [1.165, 1.54) is 11.7 Å². The van der Waals surface area contributed by atoms with Gasteiger partial charge >= 0.3 is 11.4 Å². The lowest BCUT2D eigenvalue weighted by Gasteiger charge is -1.84. The highest BCUT2D eigenvalue weighted by molar-refractivity contribution is 7.74. The molecule has 0 aliphatic rings. The van der Waals surface area contributed by atoms with Crippen molar-refractivity contribution in [3.8, 4) is 6.19 Å². The molecule has 0 aromatic rings. The van der Waals surface area contributed by atoms with E-state index in [-0.39, 0.29) is 0 Å². The molecule has 0 aliphatic carbocycles. The van der Waals surface area contributed by atoms with Gasteiger partial charge < -0.3 is 0 Å². The van der Waals surface area contributed by atoms with Crippen LogP contribution >= 0.6 is 0 Å². The number of nitriles is 1. The van der Waals surface area contributed by atoms with Gasteiger partial charge in [0.2, 0.25) is 6.19 Å². The quantitative estimate of drug-likeness (QED) is 0.215. The summed E-state index contributed by atoms with van der Waals surface area (Å²) in [5, 5.41) is 7.58. The average molecular weight is 122 g/mol. The molecule has 0 aliphatic heterocycles. The number of hydrogen-bond acceptors (Lipinski definition) is 4. The molecule has 0 saturated carbocycles. The van der Waals surface area contributed by atoms with Gasteiger partial charge in [-0.15, -0.1) is 4.28 Å². The smallest absolute Gasteiger partial charge is 0.282 e. The lowest BCUT2D eigenvalue weighted by molar-refractivity contribution is 0.248. The van der Waals surface area contributed by atoms with Gasteiger partial charge in [-0.1, -0.05) is 0 Å². The molecule has 0 saturated heterocycles. The van der Waals surface area contributed by atoms with E-state index in [1.54, 1.807) is 0 Å². The Morgan fingerprint density at radius 2 is 2.57 bits per heavy atom. The van der Waals surface area contributed by atoms with Crippen molar-refractivity contribution < 1.29 is 13.0 Å².